The molecule has 1 amide bonds. The third kappa shape index (κ3) is 4.54. The third-order valence-corrected chi connectivity index (χ3v) is 4.17. The molecule has 2 N–H and O–H groups in total. The maximum absolute atomic E-state index is 12.6. The highest BCUT2D eigenvalue weighted by Crippen LogP contribution is 2.27. The summed E-state index contributed by atoms with van der Waals surface area (Å²) < 4.78 is 37.8. The van der Waals surface area contributed by atoms with Crippen molar-refractivity contribution in [2.45, 2.75) is 25.1 Å². The number of carbonyl (C=O) groups is 1. The molecular weight excluding hydrogens is 347 g/mol. The van der Waals surface area contributed by atoms with Crippen LogP contribution >= 0.6 is 0 Å². The van der Waals surface area contributed by atoms with Crippen LogP contribution in [-0.2, 0) is 11.0 Å². The lowest BCUT2D eigenvalue weighted by atomic mass is 9.89. The van der Waals surface area contributed by atoms with Crippen LogP contribution in [0.3, 0.4) is 0 Å². The molecule has 2 rings (SSSR count). The first-order chi connectivity index (χ1) is 12.2. The normalized spacial score (nSPS) is 21.1. The fourth-order valence-corrected chi connectivity index (χ4v) is 2.36. The lowest BCUT2D eigenvalue weighted by Crippen LogP contribution is -2.63. The van der Waals surface area contributed by atoms with E-state index in [-0.39, 0.29) is 12.5 Å². The minimum atomic E-state index is -4.50. The maximum Gasteiger partial charge on any atom is 0.433 e. The Hall–Kier alpha value is -2.55. The number of allylic oxidation sites excluding steroid dienone is 1. The first kappa shape index (κ1) is 19.8. The van der Waals surface area contributed by atoms with Gasteiger partial charge in [0.1, 0.15) is 5.69 Å². The second-order valence-electron chi connectivity index (χ2n) is 6.02. The fraction of sp³-hybridized carbons (Fsp3) is 0.412. The van der Waals surface area contributed by atoms with Gasteiger partial charge in [0, 0.05) is 18.8 Å². The first-order valence-corrected chi connectivity index (χ1v) is 7.90. The van der Waals surface area contributed by atoms with Crippen molar-refractivity contribution in [1.82, 2.24) is 15.6 Å². The molecule has 0 radical (unpaired) electrons. The summed E-state index contributed by atoms with van der Waals surface area (Å²) in [6, 6.07) is 2.17. The zero-order chi connectivity index (χ0) is 19.4. The van der Waals surface area contributed by atoms with E-state index in [1.807, 2.05) is 6.92 Å². The summed E-state index contributed by atoms with van der Waals surface area (Å²) in [5, 5.41) is 5.82. The zero-order valence-corrected chi connectivity index (χ0v) is 14.5. The Kier molecular flexibility index (Phi) is 5.91. The van der Waals surface area contributed by atoms with E-state index in [0.29, 0.717) is 17.0 Å². The van der Waals surface area contributed by atoms with Gasteiger partial charge in [-0.2, -0.15) is 13.2 Å². The van der Waals surface area contributed by atoms with Crippen LogP contribution in [0.2, 0.25) is 0 Å². The lowest BCUT2D eigenvalue weighted by molar-refractivity contribution is -0.141. The molecule has 0 aromatic carbocycles. The molecule has 1 saturated heterocycles. The number of pyridine rings is 1. The number of hydrogen-bond donors (Lipinski definition) is 2. The number of halogens is 3. The molecule has 1 aromatic rings. The van der Waals surface area contributed by atoms with Crippen LogP contribution in [0.4, 0.5) is 13.2 Å². The van der Waals surface area contributed by atoms with Gasteiger partial charge in [0.25, 0.3) is 0 Å². The Morgan fingerprint density at radius 1 is 1.50 bits per heavy atom. The van der Waals surface area contributed by atoms with Gasteiger partial charge in [-0.3, -0.25) is 19.8 Å². The summed E-state index contributed by atoms with van der Waals surface area (Å²) in [5.74, 6) is -0.149. The van der Waals surface area contributed by atoms with Crippen LogP contribution < -0.4 is 10.6 Å². The summed E-state index contributed by atoms with van der Waals surface area (Å²) in [5.41, 5.74) is -0.333. The molecular formula is C17H20F3N5O. The molecule has 6 nitrogen and oxygen atoms in total. The Balaban J connectivity index is 2.10. The van der Waals surface area contributed by atoms with E-state index in [1.165, 1.54) is 13.1 Å². The van der Waals surface area contributed by atoms with Crippen molar-refractivity contribution in [3.05, 3.63) is 41.4 Å². The van der Waals surface area contributed by atoms with E-state index in [0.717, 1.165) is 25.2 Å². The average Bonchev–Trinajstić information content (AvgIpc) is 2.59. The number of alkyl halides is 3. The molecule has 0 bridgehead atoms. The van der Waals surface area contributed by atoms with Crippen molar-refractivity contribution < 1.29 is 18.0 Å². The molecule has 0 aliphatic carbocycles. The molecule has 1 aliphatic rings. The van der Waals surface area contributed by atoms with Gasteiger partial charge in [-0.05, 0) is 44.8 Å². The Bertz CT molecular complexity index is 734. The Morgan fingerprint density at radius 2 is 2.19 bits per heavy atom. The molecule has 1 atom stereocenters. The molecule has 9 heteroatoms. The molecule has 0 spiro atoms. The molecule has 1 fully saturated rings. The average molecular weight is 367 g/mol. The zero-order valence-electron chi connectivity index (χ0n) is 14.5. The van der Waals surface area contributed by atoms with Gasteiger partial charge >= 0.3 is 6.18 Å². The summed E-state index contributed by atoms with van der Waals surface area (Å²) in [7, 11) is 1.50. The van der Waals surface area contributed by atoms with Gasteiger partial charge in [-0.15, -0.1) is 0 Å². The number of nitrogens with zero attached hydrogens (tertiary/aromatic N) is 3. The quantitative estimate of drug-likeness (QED) is 0.755. The van der Waals surface area contributed by atoms with Crippen molar-refractivity contribution in [1.29, 1.82) is 0 Å². The van der Waals surface area contributed by atoms with Crippen LogP contribution in [0.15, 0.2) is 40.1 Å². The minimum absolute atomic E-state index is 0.132. The smallest absolute Gasteiger partial charge is 0.349 e. The number of hydrogen-bond acceptors (Lipinski definition) is 5. The highest BCUT2D eigenvalue weighted by Gasteiger charge is 2.38. The summed E-state index contributed by atoms with van der Waals surface area (Å²) in [4.78, 5) is 23.4. The van der Waals surface area contributed by atoms with Crippen molar-refractivity contribution in [2.75, 3.05) is 20.1 Å². The summed E-state index contributed by atoms with van der Waals surface area (Å²) in [6.07, 6.45) is -1.10. The monoisotopic (exact) mass is 367 g/mol. The number of aliphatic imine (C=N–C) groups is 2. The molecule has 1 aromatic heterocycles. The van der Waals surface area contributed by atoms with E-state index in [1.54, 1.807) is 6.08 Å². The molecule has 26 heavy (non-hydrogen) atoms. The van der Waals surface area contributed by atoms with E-state index in [9.17, 15) is 18.0 Å². The molecule has 0 saturated carbocycles. The second-order valence-corrected chi connectivity index (χ2v) is 6.02. The molecule has 1 unspecified atom stereocenters. The van der Waals surface area contributed by atoms with Gasteiger partial charge in [-0.1, -0.05) is 0 Å². The summed E-state index contributed by atoms with van der Waals surface area (Å²) >= 11 is 0. The largest absolute Gasteiger partial charge is 0.433 e. The van der Waals surface area contributed by atoms with Crippen LogP contribution in [0.1, 0.15) is 24.6 Å². The van der Waals surface area contributed by atoms with Crippen LogP contribution in [-0.4, -0.2) is 49.0 Å². The predicted molar refractivity (Wildman–Crippen MR) is 93.4 cm³/mol. The summed E-state index contributed by atoms with van der Waals surface area (Å²) in [6.45, 7) is 6.19. The molecule has 140 valence electrons. The van der Waals surface area contributed by atoms with Crippen molar-refractivity contribution in [3.8, 4) is 0 Å². The topological polar surface area (TPSA) is 78.7 Å². The van der Waals surface area contributed by atoms with E-state index in [2.05, 4.69) is 32.3 Å². The highest BCUT2D eigenvalue weighted by atomic mass is 19.4. The van der Waals surface area contributed by atoms with Gasteiger partial charge in [0.15, 0.2) is 0 Å². The third-order valence-electron chi connectivity index (χ3n) is 4.17. The van der Waals surface area contributed by atoms with E-state index in [4.69, 9.17) is 0 Å². The van der Waals surface area contributed by atoms with Crippen molar-refractivity contribution >= 4 is 18.3 Å². The SMILES string of the molecule is C=N/C(=C\C(=N/C)c1ccc(C(F)(F)F)nc1)CNC(=O)C1(C)CCN1. The number of nitrogens with one attached hydrogen (secondary N) is 2. The van der Waals surface area contributed by atoms with Crippen LogP contribution in [0.25, 0.3) is 0 Å². The second kappa shape index (κ2) is 7.77. The number of aromatic nitrogens is 1. The van der Waals surface area contributed by atoms with Gasteiger partial charge in [0.05, 0.1) is 23.5 Å². The van der Waals surface area contributed by atoms with E-state index >= 15 is 0 Å². The Morgan fingerprint density at radius 3 is 2.62 bits per heavy atom. The number of carbonyl (C=O) groups excluding carboxylic acids is 1. The molecule has 2 heterocycles. The van der Waals surface area contributed by atoms with Gasteiger partial charge in [0.2, 0.25) is 5.91 Å². The number of rotatable bonds is 6. The fourth-order valence-electron chi connectivity index (χ4n) is 2.36. The first-order valence-electron chi connectivity index (χ1n) is 7.90. The van der Waals surface area contributed by atoms with Gasteiger partial charge < -0.3 is 10.6 Å². The minimum Gasteiger partial charge on any atom is -0.349 e. The Labute approximate surface area is 149 Å². The highest BCUT2D eigenvalue weighted by molar-refractivity contribution is 6.08. The lowest BCUT2D eigenvalue weighted by Gasteiger charge is -2.38. The van der Waals surface area contributed by atoms with Gasteiger partial charge in [-0.25, -0.2) is 0 Å². The number of amides is 1. The van der Waals surface area contributed by atoms with Crippen LogP contribution in [0, 0.1) is 0 Å². The van der Waals surface area contributed by atoms with Crippen molar-refractivity contribution in [3.63, 3.8) is 0 Å². The van der Waals surface area contributed by atoms with Crippen molar-refractivity contribution in [2.24, 2.45) is 9.98 Å². The standard InChI is InChI=1S/C17H20F3N5O/c1-16(6-7-25-16)15(26)24-10-12(21-2)8-13(22-3)11-4-5-14(23-9-11)17(18,19)20/h4-5,8-9,25H,2,6-7,10H2,1,3H3,(H,24,26)/b12-8-,22-13+. The molecule has 1 aliphatic heterocycles. The predicted octanol–water partition coefficient (Wildman–Crippen LogP) is 1.97. The van der Waals surface area contributed by atoms with E-state index < -0.39 is 17.4 Å². The van der Waals surface area contributed by atoms with Crippen LogP contribution in [0.5, 0.6) is 0 Å². The maximum atomic E-state index is 12.6.